The minimum Gasteiger partial charge on any atom is -0.486 e. The minimum absolute atomic E-state index is 0.00390. The highest BCUT2D eigenvalue weighted by Crippen LogP contribution is 2.42. The lowest BCUT2D eigenvalue weighted by atomic mass is 10.1. The number of para-hydroxylation sites is 3. The molecular formula is C22H20N4O2S. The van der Waals surface area contributed by atoms with Crippen molar-refractivity contribution in [1.29, 1.82) is 0 Å². The van der Waals surface area contributed by atoms with Gasteiger partial charge in [-0.2, -0.15) is 0 Å². The lowest BCUT2D eigenvalue weighted by molar-refractivity contribution is 0.107. The Morgan fingerprint density at radius 2 is 1.86 bits per heavy atom. The van der Waals surface area contributed by atoms with E-state index in [0.717, 1.165) is 39.3 Å². The van der Waals surface area contributed by atoms with Crippen LogP contribution in [0, 0.1) is 0 Å². The maximum Gasteiger partial charge on any atom is 0.191 e. The third-order valence-electron chi connectivity index (χ3n) is 5.37. The fourth-order valence-corrected chi connectivity index (χ4v) is 4.76. The van der Waals surface area contributed by atoms with Crippen molar-refractivity contribution in [3.8, 4) is 22.9 Å². The van der Waals surface area contributed by atoms with Crippen molar-refractivity contribution in [2.24, 2.45) is 0 Å². The number of nitrogens with one attached hydrogen (secondary N) is 1. The Morgan fingerprint density at radius 3 is 2.76 bits per heavy atom. The van der Waals surface area contributed by atoms with Gasteiger partial charge in [-0.1, -0.05) is 42.1 Å². The molecule has 0 bridgehead atoms. The average molecular weight is 404 g/mol. The van der Waals surface area contributed by atoms with E-state index in [1.807, 2.05) is 36.5 Å². The van der Waals surface area contributed by atoms with Gasteiger partial charge in [0.1, 0.15) is 12.7 Å². The first-order valence-electron chi connectivity index (χ1n) is 9.89. The number of H-pyrrole nitrogens is 1. The second kappa shape index (κ2) is 6.84. The molecule has 29 heavy (non-hydrogen) atoms. The maximum atomic E-state index is 6.10. The predicted molar refractivity (Wildman–Crippen MR) is 113 cm³/mol. The van der Waals surface area contributed by atoms with Crippen LogP contribution in [0.2, 0.25) is 0 Å². The standard InChI is InChI=1S/C22H20N4O2S/c1-2-6-18-16(5-1)17(11-23-18)21-24-25-22(26(21)14-9-10-14)29-13-15-12-27-19-7-3-4-8-20(19)28-15/h1-8,11,14-15,23H,9-10,12-13H2/t15-/m0/s1. The van der Waals surface area contributed by atoms with Crippen molar-refractivity contribution in [3.05, 3.63) is 54.7 Å². The molecule has 1 N–H and O–H groups in total. The summed E-state index contributed by atoms with van der Waals surface area (Å²) in [5.41, 5.74) is 2.23. The number of hydrogen-bond donors (Lipinski definition) is 1. The number of ether oxygens (including phenoxy) is 2. The molecule has 6 nitrogen and oxygen atoms in total. The van der Waals surface area contributed by atoms with Crippen LogP contribution in [0.25, 0.3) is 22.3 Å². The van der Waals surface area contributed by atoms with Gasteiger partial charge in [-0.25, -0.2) is 0 Å². The Labute approximate surface area is 172 Å². The summed E-state index contributed by atoms with van der Waals surface area (Å²) in [6.45, 7) is 0.552. The van der Waals surface area contributed by atoms with E-state index in [0.29, 0.717) is 12.6 Å². The number of benzene rings is 2. The summed E-state index contributed by atoms with van der Waals surface area (Å²) in [6, 6.07) is 16.6. The predicted octanol–water partition coefficient (Wildman–Crippen LogP) is 4.69. The molecule has 1 aliphatic heterocycles. The lowest BCUT2D eigenvalue weighted by Crippen LogP contribution is -2.31. The molecule has 2 aromatic carbocycles. The summed E-state index contributed by atoms with van der Waals surface area (Å²) in [6.07, 6.45) is 4.39. The van der Waals surface area contributed by atoms with Crippen LogP contribution in [0.4, 0.5) is 0 Å². The first-order chi connectivity index (χ1) is 14.4. The van der Waals surface area contributed by atoms with Gasteiger partial charge in [-0.05, 0) is 31.0 Å². The molecule has 6 rings (SSSR count). The summed E-state index contributed by atoms with van der Waals surface area (Å²) >= 11 is 1.69. The zero-order chi connectivity index (χ0) is 19.2. The van der Waals surface area contributed by atoms with Crippen LogP contribution in [0.15, 0.2) is 59.9 Å². The number of nitrogens with zero attached hydrogens (tertiary/aromatic N) is 3. The number of aromatic nitrogens is 4. The van der Waals surface area contributed by atoms with Crippen molar-refractivity contribution in [2.45, 2.75) is 30.1 Å². The number of aromatic amines is 1. The maximum absolute atomic E-state index is 6.10. The van der Waals surface area contributed by atoms with Crippen LogP contribution < -0.4 is 9.47 Å². The number of hydrogen-bond acceptors (Lipinski definition) is 5. The number of fused-ring (bicyclic) bond motifs is 2. The Hall–Kier alpha value is -2.93. The number of thioether (sulfide) groups is 1. The minimum atomic E-state index is -0.00390. The van der Waals surface area contributed by atoms with E-state index in [1.54, 1.807) is 11.8 Å². The Bertz CT molecular complexity index is 1180. The fraction of sp³-hybridized carbons (Fsp3) is 0.273. The van der Waals surface area contributed by atoms with Gasteiger partial charge in [0, 0.05) is 34.5 Å². The highest BCUT2D eigenvalue weighted by Gasteiger charge is 2.31. The normalized spacial score (nSPS) is 18.3. The van der Waals surface area contributed by atoms with E-state index >= 15 is 0 Å². The first kappa shape index (κ1) is 17.0. The summed E-state index contributed by atoms with van der Waals surface area (Å²) in [7, 11) is 0. The smallest absolute Gasteiger partial charge is 0.191 e. The van der Waals surface area contributed by atoms with Crippen LogP contribution >= 0.6 is 11.8 Å². The van der Waals surface area contributed by atoms with Gasteiger partial charge < -0.3 is 14.5 Å². The second-order valence-corrected chi connectivity index (χ2v) is 8.45. The molecule has 146 valence electrons. The first-order valence-corrected chi connectivity index (χ1v) is 10.9. The molecule has 1 atom stereocenters. The Morgan fingerprint density at radius 1 is 1.03 bits per heavy atom. The molecule has 2 aliphatic rings. The zero-order valence-electron chi connectivity index (χ0n) is 15.7. The summed E-state index contributed by atoms with van der Waals surface area (Å²) in [5, 5.41) is 11.2. The fourth-order valence-electron chi connectivity index (χ4n) is 3.79. The molecule has 0 unspecified atom stereocenters. The molecule has 1 aliphatic carbocycles. The van der Waals surface area contributed by atoms with Gasteiger partial charge in [-0.3, -0.25) is 4.57 Å². The van der Waals surface area contributed by atoms with E-state index in [9.17, 15) is 0 Å². The largest absolute Gasteiger partial charge is 0.486 e. The molecule has 0 radical (unpaired) electrons. The second-order valence-electron chi connectivity index (χ2n) is 7.46. The van der Waals surface area contributed by atoms with E-state index in [1.165, 1.54) is 18.2 Å². The van der Waals surface area contributed by atoms with E-state index < -0.39 is 0 Å². The highest BCUT2D eigenvalue weighted by molar-refractivity contribution is 7.99. The quantitative estimate of drug-likeness (QED) is 0.489. The monoisotopic (exact) mass is 404 g/mol. The molecule has 0 saturated heterocycles. The SMILES string of the molecule is c1ccc2c(c1)OC[C@@H](CSc1nnc(-c3c[nH]c4ccccc34)n1C1CC1)O2. The lowest BCUT2D eigenvalue weighted by Gasteiger charge is -2.26. The molecular weight excluding hydrogens is 384 g/mol. The van der Waals surface area contributed by atoms with Crippen molar-refractivity contribution in [2.75, 3.05) is 12.4 Å². The molecule has 7 heteroatoms. The zero-order valence-corrected chi connectivity index (χ0v) is 16.6. The Balaban J connectivity index is 1.26. The summed E-state index contributed by atoms with van der Waals surface area (Å²) in [5.74, 6) is 3.34. The summed E-state index contributed by atoms with van der Waals surface area (Å²) < 4.78 is 14.2. The molecule has 2 aromatic heterocycles. The topological polar surface area (TPSA) is 65.0 Å². The molecule has 0 spiro atoms. The van der Waals surface area contributed by atoms with Crippen molar-refractivity contribution >= 4 is 22.7 Å². The molecule has 3 heterocycles. The van der Waals surface area contributed by atoms with Crippen LogP contribution in [0.3, 0.4) is 0 Å². The molecule has 1 saturated carbocycles. The molecule has 4 aromatic rings. The van der Waals surface area contributed by atoms with E-state index in [4.69, 9.17) is 9.47 Å². The third-order valence-corrected chi connectivity index (χ3v) is 6.45. The van der Waals surface area contributed by atoms with Gasteiger partial charge in [0.05, 0.1) is 0 Å². The van der Waals surface area contributed by atoms with Crippen LogP contribution in [0.1, 0.15) is 18.9 Å². The van der Waals surface area contributed by atoms with Crippen LogP contribution in [-0.4, -0.2) is 38.2 Å². The third kappa shape index (κ3) is 3.06. The van der Waals surface area contributed by atoms with E-state index in [-0.39, 0.29) is 6.10 Å². The van der Waals surface area contributed by atoms with Crippen LogP contribution in [0.5, 0.6) is 11.5 Å². The van der Waals surface area contributed by atoms with Gasteiger partial charge >= 0.3 is 0 Å². The average Bonchev–Trinajstić information content (AvgIpc) is 3.38. The van der Waals surface area contributed by atoms with Gasteiger partial charge in [0.2, 0.25) is 0 Å². The van der Waals surface area contributed by atoms with Gasteiger partial charge in [0.15, 0.2) is 22.5 Å². The molecule has 0 amide bonds. The van der Waals surface area contributed by atoms with E-state index in [2.05, 4.69) is 37.9 Å². The Kier molecular flexibility index (Phi) is 4.01. The van der Waals surface area contributed by atoms with Crippen LogP contribution in [-0.2, 0) is 0 Å². The van der Waals surface area contributed by atoms with Crippen molar-refractivity contribution in [3.63, 3.8) is 0 Å². The highest BCUT2D eigenvalue weighted by atomic mass is 32.2. The van der Waals surface area contributed by atoms with Crippen molar-refractivity contribution < 1.29 is 9.47 Å². The number of rotatable bonds is 5. The molecule has 1 fully saturated rings. The van der Waals surface area contributed by atoms with Crippen molar-refractivity contribution in [1.82, 2.24) is 19.7 Å². The van der Waals surface area contributed by atoms with Gasteiger partial charge in [-0.15, -0.1) is 10.2 Å². The summed E-state index contributed by atoms with van der Waals surface area (Å²) in [4.78, 5) is 3.35. The van der Waals surface area contributed by atoms with Gasteiger partial charge in [0.25, 0.3) is 0 Å².